The van der Waals surface area contributed by atoms with Gasteiger partial charge in [0.15, 0.2) is 0 Å². The molecule has 0 saturated carbocycles. The first-order valence-electron chi connectivity index (χ1n) is 9.35. The minimum atomic E-state index is 0.0648. The summed E-state index contributed by atoms with van der Waals surface area (Å²) in [4.78, 5) is 14.3. The van der Waals surface area contributed by atoms with E-state index in [1.54, 1.807) is 0 Å². The molecule has 4 heteroatoms. The fourth-order valence-electron chi connectivity index (χ4n) is 3.50. The first kappa shape index (κ1) is 16.9. The quantitative estimate of drug-likeness (QED) is 0.751. The molecule has 0 atom stereocenters. The van der Waals surface area contributed by atoms with Gasteiger partial charge in [0.25, 0.3) is 0 Å². The Kier molecular flexibility index (Phi) is 6.16. The summed E-state index contributed by atoms with van der Waals surface area (Å²) in [6.07, 6.45) is 10.9. The standard InChI is InChI=1S/C20H29N3O/c24-20(21-13-12-17-6-2-1-3-7-17)16-22-18-8-10-19(11-9-18)23-14-4-5-15-23/h6,8-11,22H,1-5,7,12-16H2,(H,21,24). The lowest BCUT2D eigenvalue weighted by atomic mass is 9.97. The van der Waals surface area contributed by atoms with Crippen LogP contribution in [0.4, 0.5) is 11.4 Å². The Labute approximate surface area is 145 Å². The van der Waals surface area contributed by atoms with Gasteiger partial charge in [-0.05, 0) is 69.2 Å². The fraction of sp³-hybridized carbons (Fsp3) is 0.550. The topological polar surface area (TPSA) is 44.4 Å². The highest BCUT2D eigenvalue weighted by atomic mass is 16.1. The Morgan fingerprint density at radius 1 is 1.04 bits per heavy atom. The van der Waals surface area contributed by atoms with Gasteiger partial charge in [0, 0.05) is 31.0 Å². The van der Waals surface area contributed by atoms with Gasteiger partial charge in [-0.15, -0.1) is 0 Å². The molecule has 0 aromatic heterocycles. The van der Waals surface area contributed by atoms with Gasteiger partial charge in [0.05, 0.1) is 6.54 Å². The largest absolute Gasteiger partial charge is 0.376 e. The van der Waals surface area contributed by atoms with Crippen LogP contribution in [-0.2, 0) is 4.79 Å². The van der Waals surface area contributed by atoms with Crippen LogP contribution in [0.5, 0.6) is 0 Å². The van der Waals surface area contributed by atoms with Crippen LogP contribution in [0.25, 0.3) is 0 Å². The zero-order valence-corrected chi connectivity index (χ0v) is 14.5. The highest BCUT2D eigenvalue weighted by molar-refractivity contribution is 5.80. The molecule has 1 aliphatic heterocycles. The highest BCUT2D eigenvalue weighted by Gasteiger charge is 2.11. The molecule has 3 rings (SSSR count). The molecule has 24 heavy (non-hydrogen) atoms. The van der Waals surface area contributed by atoms with Crippen LogP contribution in [-0.4, -0.2) is 32.1 Å². The van der Waals surface area contributed by atoms with E-state index in [4.69, 9.17) is 0 Å². The van der Waals surface area contributed by atoms with Crippen molar-refractivity contribution < 1.29 is 4.79 Å². The molecule has 0 spiro atoms. The molecule has 1 amide bonds. The van der Waals surface area contributed by atoms with E-state index in [9.17, 15) is 4.79 Å². The third-order valence-electron chi connectivity index (χ3n) is 4.94. The van der Waals surface area contributed by atoms with E-state index >= 15 is 0 Å². The molecule has 130 valence electrons. The Bertz CT molecular complexity index is 559. The van der Waals surface area contributed by atoms with E-state index in [0.29, 0.717) is 6.54 Å². The third-order valence-corrected chi connectivity index (χ3v) is 4.94. The summed E-state index contributed by atoms with van der Waals surface area (Å²) in [5.74, 6) is 0.0648. The van der Waals surface area contributed by atoms with Gasteiger partial charge >= 0.3 is 0 Å². The van der Waals surface area contributed by atoms with E-state index in [2.05, 4.69) is 45.9 Å². The molecular formula is C20H29N3O. The number of carbonyl (C=O) groups is 1. The van der Waals surface area contributed by atoms with Gasteiger partial charge in [-0.2, -0.15) is 0 Å². The number of hydrogen-bond donors (Lipinski definition) is 2. The number of benzene rings is 1. The molecule has 1 aromatic carbocycles. The molecule has 0 radical (unpaired) electrons. The molecule has 2 aliphatic rings. The lowest BCUT2D eigenvalue weighted by Crippen LogP contribution is -2.30. The molecule has 1 fully saturated rings. The van der Waals surface area contributed by atoms with Crippen molar-refractivity contribution in [3.05, 3.63) is 35.9 Å². The molecule has 1 heterocycles. The van der Waals surface area contributed by atoms with Crippen LogP contribution in [0.1, 0.15) is 44.9 Å². The minimum Gasteiger partial charge on any atom is -0.376 e. The average molecular weight is 327 g/mol. The second-order valence-corrected chi connectivity index (χ2v) is 6.80. The Morgan fingerprint density at radius 3 is 2.54 bits per heavy atom. The Hall–Kier alpha value is -1.97. The fourth-order valence-corrected chi connectivity index (χ4v) is 3.50. The number of rotatable bonds is 7. The summed E-state index contributed by atoms with van der Waals surface area (Å²) in [7, 11) is 0. The first-order chi connectivity index (χ1) is 11.8. The summed E-state index contributed by atoms with van der Waals surface area (Å²) in [6.45, 7) is 3.40. The summed E-state index contributed by atoms with van der Waals surface area (Å²) < 4.78 is 0. The summed E-state index contributed by atoms with van der Waals surface area (Å²) >= 11 is 0. The van der Waals surface area contributed by atoms with Crippen molar-refractivity contribution in [2.75, 3.05) is 36.4 Å². The van der Waals surface area contributed by atoms with E-state index in [0.717, 1.165) is 31.7 Å². The zero-order chi connectivity index (χ0) is 16.6. The molecule has 2 N–H and O–H groups in total. The van der Waals surface area contributed by atoms with Gasteiger partial charge in [0.2, 0.25) is 5.91 Å². The maximum Gasteiger partial charge on any atom is 0.239 e. The third kappa shape index (κ3) is 5.02. The van der Waals surface area contributed by atoms with Crippen molar-refractivity contribution in [2.45, 2.75) is 44.9 Å². The highest BCUT2D eigenvalue weighted by Crippen LogP contribution is 2.22. The van der Waals surface area contributed by atoms with Crippen LogP contribution in [0.2, 0.25) is 0 Å². The maximum absolute atomic E-state index is 11.9. The summed E-state index contributed by atoms with van der Waals surface area (Å²) in [5.41, 5.74) is 3.79. The van der Waals surface area contributed by atoms with Crippen LogP contribution < -0.4 is 15.5 Å². The molecular weight excluding hydrogens is 298 g/mol. The number of nitrogens with one attached hydrogen (secondary N) is 2. The van der Waals surface area contributed by atoms with Gasteiger partial charge in [-0.1, -0.05) is 11.6 Å². The van der Waals surface area contributed by atoms with Gasteiger partial charge in [-0.25, -0.2) is 0 Å². The smallest absolute Gasteiger partial charge is 0.239 e. The number of amides is 1. The molecule has 1 aromatic rings. The Balaban J connectivity index is 1.35. The van der Waals surface area contributed by atoms with Crippen LogP contribution in [0.15, 0.2) is 35.9 Å². The number of carbonyl (C=O) groups excluding carboxylic acids is 1. The normalized spacial score (nSPS) is 17.5. The lowest BCUT2D eigenvalue weighted by Gasteiger charge is -2.18. The summed E-state index contributed by atoms with van der Waals surface area (Å²) in [5, 5.41) is 6.21. The number of anilines is 2. The maximum atomic E-state index is 11.9. The summed E-state index contributed by atoms with van der Waals surface area (Å²) in [6, 6.07) is 8.41. The SMILES string of the molecule is O=C(CNc1ccc(N2CCCC2)cc1)NCCC1=CCCCC1. The second kappa shape index (κ2) is 8.76. The number of allylic oxidation sites excluding steroid dienone is 1. The number of hydrogen-bond acceptors (Lipinski definition) is 3. The van der Waals surface area contributed by atoms with Crippen molar-refractivity contribution in [3.8, 4) is 0 Å². The van der Waals surface area contributed by atoms with E-state index in [1.807, 2.05) is 0 Å². The predicted octanol–water partition coefficient (Wildman–Crippen LogP) is 3.71. The van der Waals surface area contributed by atoms with Crippen LogP contribution in [0, 0.1) is 0 Å². The van der Waals surface area contributed by atoms with E-state index in [-0.39, 0.29) is 5.91 Å². The van der Waals surface area contributed by atoms with E-state index < -0.39 is 0 Å². The van der Waals surface area contributed by atoms with Crippen molar-refractivity contribution in [2.24, 2.45) is 0 Å². The van der Waals surface area contributed by atoms with Crippen molar-refractivity contribution >= 4 is 17.3 Å². The van der Waals surface area contributed by atoms with Gasteiger partial charge in [0.1, 0.15) is 0 Å². The average Bonchev–Trinajstić information content (AvgIpc) is 3.16. The molecule has 1 aliphatic carbocycles. The molecule has 1 saturated heterocycles. The van der Waals surface area contributed by atoms with Crippen LogP contribution >= 0.6 is 0 Å². The second-order valence-electron chi connectivity index (χ2n) is 6.80. The zero-order valence-electron chi connectivity index (χ0n) is 14.5. The van der Waals surface area contributed by atoms with Crippen molar-refractivity contribution in [1.29, 1.82) is 0 Å². The van der Waals surface area contributed by atoms with Crippen LogP contribution in [0.3, 0.4) is 0 Å². The molecule has 4 nitrogen and oxygen atoms in total. The minimum absolute atomic E-state index is 0.0648. The van der Waals surface area contributed by atoms with Crippen molar-refractivity contribution in [3.63, 3.8) is 0 Å². The van der Waals surface area contributed by atoms with E-state index in [1.165, 1.54) is 49.8 Å². The lowest BCUT2D eigenvalue weighted by molar-refractivity contribution is -0.119. The van der Waals surface area contributed by atoms with Gasteiger partial charge < -0.3 is 15.5 Å². The molecule has 0 unspecified atom stereocenters. The predicted molar refractivity (Wildman–Crippen MR) is 101 cm³/mol. The Morgan fingerprint density at radius 2 is 1.83 bits per heavy atom. The first-order valence-corrected chi connectivity index (χ1v) is 9.35. The molecule has 0 bridgehead atoms. The monoisotopic (exact) mass is 327 g/mol. The van der Waals surface area contributed by atoms with Gasteiger partial charge in [-0.3, -0.25) is 4.79 Å². The van der Waals surface area contributed by atoms with Crippen molar-refractivity contribution in [1.82, 2.24) is 5.32 Å². The number of nitrogens with zero attached hydrogens (tertiary/aromatic N) is 1.